The molecule has 1 aliphatic carbocycles. The van der Waals surface area contributed by atoms with Crippen molar-refractivity contribution >= 4 is 0 Å². The second-order valence-electron chi connectivity index (χ2n) is 6.05. The molecule has 14 heavy (non-hydrogen) atoms. The van der Waals surface area contributed by atoms with E-state index in [1.54, 1.807) is 0 Å². The van der Waals surface area contributed by atoms with E-state index in [4.69, 9.17) is 5.73 Å². The number of alkyl halides is 1. The first-order valence-electron chi connectivity index (χ1n) is 5.75. The fourth-order valence-electron chi connectivity index (χ4n) is 2.01. The molecule has 0 spiro atoms. The molecule has 84 valence electrons. The van der Waals surface area contributed by atoms with Gasteiger partial charge in [-0.05, 0) is 43.9 Å². The van der Waals surface area contributed by atoms with Gasteiger partial charge in [0.25, 0.3) is 0 Å². The first kappa shape index (κ1) is 12.0. The monoisotopic (exact) mass is 201 g/mol. The van der Waals surface area contributed by atoms with Gasteiger partial charge in [0.05, 0.1) is 0 Å². The highest BCUT2D eigenvalue weighted by Crippen LogP contribution is 2.38. The van der Waals surface area contributed by atoms with E-state index < -0.39 is 5.67 Å². The van der Waals surface area contributed by atoms with Crippen molar-refractivity contribution in [3.8, 4) is 0 Å². The largest absolute Gasteiger partial charge is 0.328 e. The van der Waals surface area contributed by atoms with Crippen LogP contribution < -0.4 is 5.73 Å². The summed E-state index contributed by atoms with van der Waals surface area (Å²) in [6, 6.07) is 0.244. The molecule has 1 fully saturated rings. The smallest absolute Gasteiger partial charge is 0.111 e. The van der Waals surface area contributed by atoms with Gasteiger partial charge in [-0.1, -0.05) is 20.8 Å². The zero-order valence-corrected chi connectivity index (χ0v) is 9.78. The third-order valence-corrected chi connectivity index (χ3v) is 3.25. The minimum atomic E-state index is -0.914. The van der Waals surface area contributed by atoms with Crippen molar-refractivity contribution in [3.63, 3.8) is 0 Å². The summed E-state index contributed by atoms with van der Waals surface area (Å²) >= 11 is 0. The van der Waals surface area contributed by atoms with Crippen molar-refractivity contribution in [2.24, 2.45) is 11.1 Å². The normalized spacial score (nSPS) is 34.5. The van der Waals surface area contributed by atoms with E-state index >= 15 is 0 Å². The second-order valence-corrected chi connectivity index (χ2v) is 6.05. The van der Waals surface area contributed by atoms with Gasteiger partial charge in [0.1, 0.15) is 5.67 Å². The van der Waals surface area contributed by atoms with Crippen LogP contribution in [0, 0.1) is 5.41 Å². The second kappa shape index (κ2) is 4.18. The van der Waals surface area contributed by atoms with Crippen molar-refractivity contribution in [2.45, 2.75) is 71.0 Å². The van der Waals surface area contributed by atoms with E-state index in [0.717, 1.165) is 19.3 Å². The van der Waals surface area contributed by atoms with Crippen LogP contribution >= 0.6 is 0 Å². The van der Waals surface area contributed by atoms with Gasteiger partial charge in [0.15, 0.2) is 0 Å². The lowest BCUT2D eigenvalue weighted by molar-refractivity contribution is 0.0749. The molecule has 0 saturated heterocycles. The SMILES string of the molecule is CC(C)(C)CCC1(F)CCC(N)CC1. The zero-order valence-electron chi connectivity index (χ0n) is 9.78. The number of hydrogen-bond donors (Lipinski definition) is 1. The molecule has 1 saturated carbocycles. The Hall–Kier alpha value is -0.110. The van der Waals surface area contributed by atoms with Gasteiger partial charge < -0.3 is 5.73 Å². The molecule has 2 N–H and O–H groups in total. The Bertz CT molecular complexity index is 175. The molecule has 0 aromatic rings. The lowest BCUT2D eigenvalue weighted by atomic mass is 9.77. The Balaban J connectivity index is 2.36. The standard InChI is InChI=1S/C12H24FN/c1-11(2,3)8-9-12(13)6-4-10(14)5-7-12/h10H,4-9,14H2,1-3H3. The summed E-state index contributed by atoms with van der Waals surface area (Å²) in [5.41, 5.74) is 5.11. The molecule has 0 heterocycles. The quantitative estimate of drug-likeness (QED) is 0.728. The molecule has 0 atom stereocenters. The third kappa shape index (κ3) is 3.95. The van der Waals surface area contributed by atoms with E-state index in [-0.39, 0.29) is 11.5 Å². The van der Waals surface area contributed by atoms with E-state index in [2.05, 4.69) is 20.8 Å². The first-order chi connectivity index (χ1) is 6.31. The molecule has 0 aromatic heterocycles. The highest BCUT2D eigenvalue weighted by molar-refractivity contribution is 4.88. The summed E-state index contributed by atoms with van der Waals surface area (Å²) in [5.74, 6) is 0. The molecule has 0 aromatic carbocycles. The molecule has 1 rings (SSSR count). The Morgan fingerprint density at radius 1 is 1.29 bits per heavy atom. The highest BCUT2D eigenvalue weighted by atomic mass is 19.1. The van der Waals surface area contributed by atoms with Gasteiger partial charge in [-0.25, -0.2) is 4.39 Å². The molecule has 0 amide bonds. The van der Waals surface area contributed by atoms with Crippen molar-refractivity contribution < 1.29 is 4.39 Å². The van der Waals surface area contributed by atoms with Crippen LogP contribution in [-0.2, 0) is 0 Å². The maximum atomic E-state index is 14.2. The summed E-state index contributed by atoms with van der Waals surface area (Å²) in [7, 11) is 0. The maximum absolute atomic E-state index is 14.2. The van der Waals surface area contributed by atoms with Crippen LogP contribution in [0.25, 0.3) is 0 Å². The number of hydrogen-bond acceptors (Lipinski definition) is 1. The molecule has 2 heteroatoms. The number of nitrogens with two attached hydrogens (primary N) is 1. The third-order valence-electron chi connectivity index (χ3n) is 3.25. The van der Waals surface area contributed by atoms with E-state index in [0.29, 0.717) is 19.3 Å². The molecule has 0 aliphatic heterocycles. The Labute approximate surface area is 87.3 Å². The summed E-state index contributed by atoms with van der Waals surface area (Å²) in [6.07, 6.45) is 4.75. The Kier molecular flexibility index (Phi) is 3.57. The van der Waals surface area contributed by atoms with Gasteiger partial charge in [-0.15, -0.1) is 0 Å². The molecular formula is C12H24FN. The van der Waals surface area contributed by atoms with Gasteiger partial charge in [-0.3, -0.25) is 0 Å². The predicted octanol–water partition coefficient (Wildman–Crippen LogP) is 3.42. The van der Waals surface area contributed by atoms with E-state index in [1.165, 1.54) is 0 Å². The fourth-order valence-corrected chi connectivity index (χ4v) is 2.01. The molecular weight excluding hydrogens is 177 g/mol. The fraction of sp³-hybridized carbons (Fsp3) is 1.00. The van der Waals surface area contributed by atoms with Crippen LogP contribution in [0.2, 0.25) is 0 Å². The minimum Gasteiger partial charge on any atom is -0.328 e. The Morgan fingerprint density at radius 3 is 2.21 bits per heavy atom. The van der Waals surface area contributed by atoms with Crippen molar-refractivity contribution in [2.75, 3.05) is 0 Å². The Morgan fingerprint density at radius 2 is 1.79 bits per heavy atom. The molecule has 1 aliphatic rings. The first-order valence-corrected chi connectivity index (χ1v) is 5.75. The summed E-state index contributed by atoms with van der Waals surface area (Å²) in [6.45, 7) is 6.51. The molecule has 0 radical (unpaired) electrons. The summed E-state index contributed by atoms with van der Waals surface area (Å²) < 4.78 is 14.2. The van der Waals surface area contributed by atoms with Crippen molar-refractivity contribution in [3.05, 3.63) is 0 Å². The van der Waals surface area contributed by atoms with Crippen LogP contribution in [0.15, 0.2) is 0 Å². The number of halogens is 1. The minimum absolute atomic E-state index is 0.244. The van der Waals surface area contributed by atoms with Crippen LogP contribution in [0.3, 0.4) is 0 Å². The van der Waals surface area contributed by atoms with E-state index in [1.807, 2.05) is 0 Å². The molecule has 0 unspecified atom stereocenters. The highest BCUT2D eigenvalue weighted by Gasteiger charge is 2.34. The van der Waals surface area contributed by atoms with Crippen LogP contribution in [0.5, 0.6) is 0 Å². The van der Waals surface area contributed by atoms with Crippen LogP contribution in [-0.4, -0.2) is 11.7 Å². The van der Waals surface area contributed by atoms with Crippen molar-refractivity contribution in [1.29, 1.82) is 0 Å². The summed E-state index contributed by atoms with van der Waals surface area (Å²) in [4.78, 5) is 0. The topological polar surface area (TPSA) is 26.0 Å². The lowest BCUT2D eigenvalue weighted by Gasteiger charge is -2.34. The molecule has 1 nitrogen and oxygen atoms in total. The lowest BCUT2D eigenvalue weighted by Crippen LogP contribution is -2.36. The maximum Gasteiger partial charge on any atom is 0.111 e. The van der Waals surface area contributed by atoms with Crippen LogP contribution in [0.1, 0.15) is 59.3 Å². The molecule has 0 bridgehead atoms. The average Bonchev–Trinajstić information content (AvgIpc) is 2.07. The average molecular weight is 201 g/mol. The van der Waals surface area contributed by atoms with Gasteiger partial charge in [0.2, 0.25) is 0 Å². The van der Waals surface area contributed by atoms with Crippen LogP contribution in [0.4, 0.5) is 4.39 Å². The van der Waals surface area contributed by atoms with Crippen molar-refractivity contribution in [1.82, 2.24) is 0 Å². The zero-order chi connectivity index (χ0) is 10.8. The van der Waals surface area contributed by atoms with Gasteiger partial charge >= 0.3 is 0 Å². The number of rotatable bonds is 2. The van der Waals surface area contributed by atoms with Gasteiger partial charge in [-0.2, -0.15) is 0 Å². The summed E-state index contributed by atoms with van der Waals surface area (Å²) in [5, 5.41) is 0. The van der Waals surface area contributed by atoms with Gasteiger partial charge in [0, 0.05) is 6.04 Å². The van der Waals surface area contributed by atoms with E-state index in [9.17, 15) is 4.39 Å². The predicted molar refractivity (Wildman–Crippen MR) is 59.0 cm³/mol.